The van der Waals surface area contributed by atoms with Crippen LogP contribution in [0.15, 0.2) is 41.3 Å². The van der Waals surface area contributed by atoms with Crippen LogP contribution in [0, 0.1) is 0 Å². The number of aromatic nitrogens is 1. The number of carbonyl (C=O) groups is 1. The van der Waals surface area contributed by atoms with Gasteiger partial charge in [0, 0.05) is 5.56 Å². The number of nitrogens with zero attached hydrogens (tertiary/aromatic N) is 1. The van der Waals surface area contributed by atoms with E-state index in [9.17, 15) is 13.2 Å². The molecule has 0 atom stereocenters. The predicted octanol–water partition coefficient (Wildman–Crippen LogP) is 2.21. The number of rotatable bonds is 5. The lowest BCUT2D eigenvalue weighted by atomic mass is 10.2. The lowest BCUT2D eigenvalue weighted by Gasteiger charge is -2.09. The van der Waals surface area contributed by atoms with Crippen molar-refractivity contribution in [1.82, 2.24) is 4.98 Å². The van der Waals surface area contributed by atoms with Crippen LogP contribution in [-0.4, -0.2) is 33.5 Å². The van der Waals surface area contributed by atoms with E-state index in [0.29, 0.717) is 32.4 Å². The fraction of sp³-hybridized carbons (Fsp3) is 0.125. The second kappa shape index (κ2) is 6.90. The summed E-state index contributed by atoms with van der Waals surface area (Å²) >= 11 is 1.15. The van der Waals surface area contributed by atoms with E-state index in [1.54, 1.807) is 18.2 Å². The zero-order valence-electron chi connectivity index (χ0n) is 13.8. The molecule has 3 aromatic rings. The third-order valence-electron chi connectivity index (χ3n) is 3.55. The highest BCUT2D eigenvalue weighted by Crippen LogP contribution is 2.30. The molecule has 0 aliphatic carbocycles. The molecule has 8 nitrogen and oxygen atoms in total. The van der Waals surface area contributed by atoms with Crippen LogP contribution in [-0.2, 0) is 10.0 Å². The standard InChI is InChI=1S/C16H15N3O5S2/c1-23-12-6-3-9(7-13(12)24-2)15(20)19-16-18-11-5-4-10(26(17,21)22)8-14(11)25-16/h3-8H,1-2H3,(H2,17,21,22)(H,18,19,20). The van der Waals surface area contributed by atoms with Crippen LogP contribution in [0.3, 0.4) is 0 Å². The molecule has 3 N–H and O–H groups in total. The van der Waals surface area contributed by atoms with Crippen molar-refractivity contribution in [2.24, 2.45) is 5.14 Å². The molecule has 1 amide bonds. The number of hydrogen-bond donors (Lipinski definition) is 2. The molecule has 136 valence electrons. The van der Waals surface area contributed by atoms with E-state index in [-0.39, 0.29) is 10.8 Å². The normalized spacial score (nSPS) is 11.3. The number of amides is 1. The van der Waals surface area contributed by atoms with Gasteiger partial charge in [0.25, 0.3) is 5.91 Å². The first-order valence-electron chi connectivity index (χ1n) is 7.28. The largest absolute Gasteiger partial charge is 0.493 e. The molecule has 0 aliphatic heterocycles. The van der Waals surface area contributed by atoms with Crippen molar-refractivity contribution < 1.29 is 22.7 Å². The summed E-state index contributed by atoms with van der Waals surface area (Å²) in [4.78, 5) is 16.7. The number of anilines is 1. The number of benzene rings is 2. The summed E-state index contributed by atoms with van der Waals surface area (Å²) in [5, 5.41) is 8.15. The zero-order valence-corrected chi connectivity index (χ0v) is 15.5. The first kappa shape index (κ1) is 18.1. The summed E-state index contributed by atoms with van der Waals surface area (Å²) < 4.78 is 33.8. The Morgan fingerprint density at radius 1 is 1.12 bits per heavy atom. The second-order valence-electron chi connectivity index (χ2n) is 5.22. The number of nitrogens with one attached hydrogen (secondary N) is 1. The zero-order chi connectivity index (χ0) is 18.9. The number of carbonyl (C=O) groups excluding carboxylic acids is 1. The summed E-state index contributed by atoms with van der Waals surface area (Å²) in [5.41, 5.74) is 0.928. The first-order valence-corrected chi connectivity index (χ1v) is 9.65. The molecule has 1 heterocycles. The molecule has 0 saturated carbocycles. The molecule has 0 radical (unpaired) electrons. The second-order valence-corrected chi connectivity index (χ2v) is 7.81. The molecule has 0 saturated heterocycles. The smallest absolute Gasteiger partial charge is 0.257 e. The quantitative estimate of drug-likeness (QED) is 0.686. The van der Waals surface area contributed by atoms with E-state index in [0.717, 1.165) is 11.3 Å². The Hall–Kier alpha value is -2.69. The lowest BCUT2D eigenvalue weighted by Crippen LogP contribution is -2.11. The van der Waals surface area contributed by atoms with E-state index in [4.69, 9.17) is 14.6 Å². The monoisotopic (exact) mass is 393 g/mol. The fourth-order valence-electron chi connectivity index (χ4n) is 2.28. The number of methoxy groups -OCH3 is 2. The molecule has 0 aliphatic rings. The van der Waals surface area contributed by atoms with Gasteiger partial charge in [0.2, 0.25) is 10.0 Å². The molecular formula is C16H15N3O5S2. The van der Waals surface area contributed by atoms with Crippen LogP contribution in [0.2, 0.25) is 0 Å². The minimum absolute atomic E-state index is 0.00795. The minimum Gasteiger partial charge on any atom is -0.493 e. The fourth-order valence-corrected chi connectivity index (χ4v) is 3.80. The van der Waals surface area contributed by atoms with Gasteiger partial charge in [-0.25, -0.2) is 18.5 Å². The Morgan fingerprint density at radius 3 is 2.50 bits per heavy atom. The molecule has 2 aromatic carbocycles. The Balaban J connectivity index is 1.87. The Labute approximate surface area is 153 Å². The number of hydrogen-bond acceptors (Lipinski definition) is 7. The van der Waals surface area contributed by atoms with Crippen molar-refractivity contribution >= 4 is 42.6 Å². The van der Waals surface area contributed by atoms with Gasteiger partial charge in [0.15, 0.2) is 16.6 Å². The van der Waals surface area contributed by atoms with Crippen LogP contribution in [0.25, 0.3) is 10.2 Å². The Bertz CT molecular complexity index is 1090. The van der Waals surface area contributed by atoms with Crippen LogP contribution in [0.5, 0.6) is 11.5 Å². The van der Waals surface area contributed by atoms with Crippen molar-refractivity contribution in [3.8, 4) is 11.5 Å². The Kier molecular flexibility index (Phi) is 4.81. The van der Waals surface area contributed by atoms with E-state index < -0.39 is 10.0 Å². The summed E-state index contributed by atoms with van der Waals surface area (Å²) in [7, 11) is -0.809. The molecule has 3 rings (SSSR count). The summed E-state index contributed by atoms with van der Waals surface area (Å²) in [6, 6.07) is 9.12. The molecule has 26 heavy (non-hydrogen) atoms. The van der Waals surface area contributed by atoms with Crippen molar-refractivity contribution in [3.63, 3.8) is 0 Å². The van der Waals surface area contributed by atoms with Gasteiger partial charge >= 0.3 is 0 Å². The van der Waals surface area contributed by atoms with Crippen LogP contribution < -0.4 is 19.9 Å². The maximum atomic E-state index is 12.4. The number of fused-ring (bicyclic) bond motifs is 1. The van der Waals surface area contributed by atoms with Gasteiger partial charge in [0.1, 0.15) is 0 Å². The predicted molar refractivity (Wildman–Crippen MR) is 98.5 cm³/mol. The average Bonchev–Trinajstić information content (AvgIpc) is 3.01. The molecule has 1 aromatic heterocycles. The molecule has 0 spiro atoms. The number of primary sulfonamides is 1. The minimum atomic E-state index is -3.80. The highest BCUT2D eigenvalue weighted by Gasteiger charge is 2.15. The van der Waals surface area contributed by atoms with Gasteiger partial charge in [-0.2, -0.15) is 0 Å². The highest BCUT2D eigenvalue weighted by molar-refractivity contribution is 7.89. The third kappa shape index (κ3) is 3.62. The maximum absolute atomic E-state index is 12.4. The van der Waals surface area contributed by atoms with Gasteiger partial charge in [-0.1, -0.05) is 11.3 Å². The van der Waals surface area contributed by atoms with E-state index in [2.05, 4.69) is 10.3 Å². The average molecular weight is 393 g/mol. The molecular weight excluding hydrogens is 378 g/mol. The Morgan fingerprint density at radius 2 is 1.85 bits per heavy atom. The van der Waals surface area contributed by atoms with Gasteiger partial charge in [-0.3, -0.25) is 10.1 Å². The van der Waals surface area contributed by atoms with Crippen LogP contribution in [0.4, 0.5) is 5.13 Å². The van der Waals surface area contributed by atoms with E-state index in [1.165, 1.54) is 32.4 Å². The van der Waals surface area contributed by atoms with Gasteiger partial charge in [-0.15, -0.1) is 0 Å². The van der Waals surface area contributed by atoms with Crippen molar-refractivity contribution in [3.05, 3.63) is 42.0 Å². The first-order chi connectivity index (χ1) is 12.3. The molecule has 10 heteroatoms. The molecule has 0 bridgehead atoms. The number of thiazole rings is 1. The van der Waals surface area contributed by atoms with Gasteiger partial charge in [-0.05, 0) is 36.4 Å². The SMILES string of the molecule is COc1ccc(C(=O)Nc2nc3ccc(S(N)(=O)=O)cc3s2)cc1OC. The topological polar surface area (TPSA) is 121 Å². The number of ether oxygens (including phenoxy) is 2. The van der Waals surface area contributed by atoms with Crippen LogP contribution >= 0.6 is 11.3 Å². The van der Waals surface area contributed by atoms with Crippen molar-refractivity contribution in [1.29, 1.82) is 0 Å². The van der Waals surface area contributed by atoms with Crippen molar-refractivity contribution in [2.75, 3.05) is 19.5 Å². The maximum Gasteiger partial charge on any atom is 0.257 e. The molecule has 0 fully saturated rings. The third-order valence-corrected chi connectivity index (χ3v) is 5.40. The number of sulfonamides is 1. The number of nitrogens with two attached hydrogens (primary N) is 1. The highest BCUT2D eigenvalue weighted by atomic mass is 32.2. The van der Waals surface area contributed by atoms with Gasteiger partial charge < -0.3 is 9.47 Å². The van der Waals surface area contributed by atoms with E-state index >= 15 is 0 Å². The molecule has 0 unspecified atom stereocenters. The van der Waals surface area contributed by atoms with Crippen LogP contribution in [0.1, 0.15) is 10.4 Å². The van der Waals surface area contributed by atoms with Crippen molar-refractivity contribution in [2.45, 2.75) is 4.90 Å². The summed E-state index contributed by atoms with van der Waals surface area (Å²) in [5.74, 6) is 0.568. The van der Waals surface area contributed by atoms with Gasteiger partial charge in [0.05, 0.1) is 29.3 Å². The lowest BCUT2D eigenvalue weighted by molar-refractivity contribution is 0.102. The summed E-state index contributed by atoms with van der Waals surface area (Å²) in [6.07, 6.45) is 0. The van der Waals surface area contributed by atoms with E-state index in [1.807, 2.05) is 0 Å². The summed E-state index contributed by atoms with van der Waals surface area (Å²) in [6.45, 7) is 0.